The predicted molar refractivity (Wildman–Crippen MR) is 82.4 cm³/mol. The van der Waals surface area contributed by atoms with Gasteiger partial charge in [0.05, 0.1) is 24.7 Å². The number of rotatable bonds is 3. The van der Waals surface area contributed by atoms with Crippen molar-refractivity contribution in [1.82, 2.24) is 14.9 Å². The summed E-state index contributed by atoms with van der Waals surface area (Å²) in [5, 5.41) is 8.97. The largest absolute Gasteiger partial charge is 0.390 e. The van der Waals surface area contributed by atoms with Crippen LogP contribution in [-0.4, -0.2) is 52.1 Å². The minimum Gasteiger partial charge on any atom is -0.390 e. The molecule has 24 heavy (non-hydrogen) atoms. The molecule has 126 valence electrons. The van der Waals surface area contributed by atoms with E-state index in [0.29, 0.717) is 37.7 Å². The number of carbonyl (C=O) groups is 1. The van der Waals surface area contributed by atoms with E-state index in [1.165, 1.54) is 17.2 Å². The molecule has 1 amide bonds. The third-order valence-electron chi connectivity index (χ3n) is 3.92. The Hall–Kier alpha value is -2.61. The smallest absolute Gasteiger partial charge is 0.259 e. The van der Waals surface area contributed by atoms with E-state index in [2.05, 4.69) is 9.97 Å². The molecule has 1 aliphatic rings. The molecule has 8 heteroatoms. The van der Waals surface area contributed by atoms with Gasteiger partial charge in [-0.3, -0.25) is 9.78 Å². The number of aliphatic hydroxyl groups is 1. The molecule has 1 aromatic heterocycles. The summed E-state index contributed by atoms with van der Waals surface area (Å²) in [7, 11) is 0. The number of anilines is 1. The van der Waals surface area contributed by atoms with E-state index < -0.39 is 23.1 Å². The van der Waals surface area contributed by atoms with Crippen LogP contribution in [0.15, 0.2) is 30.6 Å². The fourth-order valence-corrected chi connectivity index (χ4v) is 2.59. The van der Waals surface area contributed by atoms with Crippen LogP contribution >= 0.6 is 0 Å². The molecule has 2 aromatic rings. The summed E-state index contributed by atoms with van der Waals surface area (Å²) in [6, 6.07) is 3.38. The van der Waals surface area contributed by atoms with Crippen molar-refractivity contribution in [2.45, 2.75) is 6.61 Å². The van der Waals surface area contributed by atoms with Crippen LogP contribution in [0.5, 0.6) is 0 Å². The van der Waals surface area contributed by atoms with Crippen LogP contribution in [0.2, 0.25) is 0 Å². The highest BCUT2D eigenvalue weighted by molar-refractivity contribution is 5.95. The van der Waals surface area contributed by atoms with Gasteiger partial charge in [0.15, 0.2) is 0 Å². The molecule has 0 aliphatic carbocycles. The first-order valence-corrected chi connectivity index (χ1v) is 7.50. The van der Waals surface area contributed by atoms with Gasteiger partial charge in [0.25, 0.3) is 5.91 Å². The Morgan fingerprint density at radius 3 is 2.29 bits per heavy atom. The van der Waals surface area contributed by atoms with Gasteiger partial charge >= 0.3 is 0 Å². The molecule has 1 N–H and O–H groups in total. The summed E-state index contributed by atoms with van der Waals surface area (Å²) in [6.45, 7) is 1.44. The lowest BCUT2D eigenvalue weighted by atomic mass is 10.1. The van der Waals surface area contributed by atoms with Crippen molar-refractivity contribution >= 4 is 11.7 Å². The average Bonchev–Trinajstić information content (AvgIpc) is 2.62. The highest BCUT2D eigenvalue weighted by Gasteiger charge is 2.26. The summed E-state index contributed by atoms with van der Waals surface area (Å²) in [5.74, 6) is -1.72. The second-order valence-corrected chi connectivity index (χ2v) is 5.40. The number of hydrogen-bond donors (Lipinski definition) is 1. The van der Waals surface area contributed by atoms with Gasteiger partial charge in [0.2, 0.25) is 0 Å². The van der Waals surface area contributed by atoms with E-state index >= 15 is 0 Å². The number of halogens is 2. The highest BCUT2D eigenvalue weighted by Crippen LogP contribution is 2.18. The number of carbonyl (C=O) groups excluding carboxylic acids is 1. The number of aromatic nitrogens is 2. The first-order chi connectivity index (χ1) is 11.6. The van der Waals surface area contributed by atoms with Crippen molar-refractivity contribution in [3.8, 4) is 0 Å². The minimum atomic E-state index is -0.854. The fourth-order valence-electron chi connectivity index (χ4n) is 2.59. The Morgan fingerprint density at radius 2 is 1.75 bits per heavy atom. The van der Waals surface area contributed by atoms with Crippen molar-refractivity contribution in [2.75, 3.05) is 31.1 Å². The molecule has 0 radical (unpaired) electrons. The van der Waals surface area contributed by atoms with E-state index in [9.17, 15) is 13.6 Å². The second kappa shape index (κ2) is 6.88. The summed E-state index contributed by atoms with van der Waals surface area (Å²) in [5.41, 5.74) is -0.0411. The third-order valence-corrected chi connectivity index (χ3v) is 3.92. The van der Waals surface area contributed by atoms with E-state index in [0.717, 1.165) is 12.1 Å². The minimum absolute atomic E-state index is 0.177. The van der Waals surface area contributed by atoms with Crippen LogP contribution in [0, 0.1) is 11.6 Å². The normalized spacial score (nSPS) is 14.8. The molecule has 3 rings (SSSR count). The highest BCUT2D eigenvalue weighted by atomic mass is 19.1. The Morgan fingerprint density at radius 1 is 1.08 bits per heavy atom. The van der Waals surface area contributed by atoms with Crippen LogP contribution in [0.25, 0.3) is 0 Å². The topological polar surface area (TPSA) is 69.6 Å². The summed E-state index contributed by atoms with van der Waals surface area (Å²) in [4.78, 5) is 24.0. The summed E-state index contributed by atoms with van der Waals surface area (Å²) < 4.78 is 27.5. The Balaban J connectivity index is 1.67. The molecule has 0 bridgehead atoms. The van der Waals surface area contributed by atoms with Crippen LogP contribution in [-0.2, 0) is 6.61 Å². The lowest BCUT2D eigenvalue weighted by Crippen LogP contribution is -2.49. The van der Waals surface area contributed by atoms with Gasteiger partial charge in [0, 0.05) is 26.2 Å². The molecule has 1 aromatic carbocycles. The van der Waals surface area contributed by atoms with E-state index in [4.69, 9.17) is 5.11 Å². The number of benzene rings is 1. The maximum Gasteiger partial charge on any atom is 0.259 e. The zero-order valence-corrected chi connectivity index (χ0v) is 12.8. The molecule has 0 saturated carbocycles. The van der Waals surface area contributed by atoms with Gasteiger partial charge in [-0.05, 0) is 12.1 Å². The number of aliphatic hydroxyl groups excluding tert-OH is 1. The molecule has 0 spiro atoms. The zero-order chi connectivity index (χ0) is 17.1. The number of piperazine rings is 1. The van der Waals surface area contributed by atoms with Crippen LogP contribution in [0.1, 0.15) is 16.1 Å². The van der Waals surface area contributed by atoms with Gasteiger partial charge in [-0.25, -0.2) is 13.8 Å². The molecule has 1 aliphatic heterocycles. The van der Waals surface area contributed by atoms with E-state index in [1.807, 2.05) is 4.90 Å². The third kappa shape index (κ3) is 3.18. The lowest BCUT2D eigenvalue weighted by Gasteiger charge is -2.35. The average molecular weight is 334 g/mol. The first-order valence-electron chi connectivity index (χ1n) is 7.50. The standard InChI is InChI=1S/C16H16F2N4O2/c17-12-2-1-3-13(18)15(12)16(24)22-6-4-21(5-7-22)14-9-19-11(10-23)8-20-14/h1-3,8-9,23H,4-7,10H2. The molecule has 0 unspecified atom stereocenters. The van der Waals surface area contributed by atoms with Crippen LogP contribution < -0.4 is 4.90 Å². The van der Waals surface area contributed by atoms with Crippen LogP contribution in [0.3, 0.4) is 0 Å². The Kier molecular flexibility index (Phi) is 4.66. The van der Waals surface area contributed by atoms with Crippen molar-refractivity contribution in [3.05, 3.63) is 53.5 Å². The molecular formula is C16H16F2N4O2. The molecule has 1 fully saturated rings. The molecular weight excluding hydrogens is 318 g/mol. The zero-order valence-electron chi connectivity index (χ0n) is 12.8. The number of nitrogens with zero attached hydrogens (tertiary/aromatic N) is 4. The number of amides is 1. The first kappa shape index (κ1) is 16.3. The maximum atomic E-state index is 13.7. The fraction of sp³-hybridized carbons (Fsp3) is 0.312. The quantitative estimate of drug-likeness (QED) is 0.914. The van der Waals surface area contributed by atoms with E-state index in [-0.39, 0.29) is 6.61 Å². The second-order valence-electron chi connectivity index (χ2n) is 5.40. The molecule has 0 atom stereocenters. The van der Waals surface area contributed by atoms with Gasteiger partial charge < -0.3 is 14.9 Å². The summed E-state index contributed by atoms with van der Waals surface area (Å²) in [6.07, 6.45) is 3.04. The van der Waals surface area contributed by atoms with Crippen molar-refractivity contribution in [2.24, 2.45) is 0 Å². The monoisotopic (exact) mass is 334 g/mol. The Labute approximate surface area is 137 Å². The van der Waals surface area contributed by atoms with Crippen molar-refractivity contribution < 1.29 is 18.7 Å². The van der Waals surface area contributed by atoms with Gasteiger partial charge in [0.1, 0.15) is 23.0 Å². The van der Waals surface area contributed by atoms with Gasteiger partial charge in [-0.1, -0.05) is 6.07 Å². The molecule has 1 saturated heterocycles. The summed E-state index contributed by atoms with van der Waals surface area (Å²) >= 11 is 0. The van der Waals surface area contributed by atoms with Crippen molar-refractivity contribution in [3.63, 3.8) is 0 Å². The Bertz CT molecular complexity index is 711. The van der Waals surface area contributed by atoms with Gasteiger partial charge in [-0.2, -0.15) is 0 Å². The van der Waals surface area contributed by atoms with Gasteiger partial charge in [-0.15, -0.1) is 0 Å². The van der Waals surface area contributed by atoms with E-state index in [1.54, 1.807) is 6.20 Å². The lowest BCUT2D eigenvalue weighted by molar-refractivity contribution is 0.0736. The molecule has 2 heterocycles. The maximum absolute atomic E-state index is 13.7. The SMILES string of the molecule is O=C(c1c(F)cccc1F)N1CCN(c2cnc(CO)cn2)CC1. The molecule has 6 nitrogen and oxygen atoms in total. The van der Waals surface area contributed by atoms with Crippen LogP contribution in [0.4, 0.5) is 14.6 Å². The van der Waals surface area contributed by atoms with Crippen molar-refractivity contribution in [1.29, 1.82) is 0 Å². The predicted octanol–water partition coefficient (Wildman–Crippen LogP) is 1.21. The number of hydrogen-bond acceptors (Lipinski definition) is 5.